The van der Waals surface area contributed by atoms with E-state index >= 15 is 0 Å². The molecule has 0 aromatic heterocycles. The predicted molar refractivity (Wildman–Crippen MR) is 163 cm³/mol. The largest absolute Gasteiger partial charge is 0.462 e. The summed E-state index contributed by atoms with van der Waals surface area (Å²) in [7, 11) is 0. The molecule has 3 aliphatic rings. The van der Waals surface area contributed by atoms with Crippen molar-refractivity contribution in [2.45, 2.75) is 91.8 Å². The van der Waals surface area contributed by atoms with E-state index in [1.807, 2.05) is 44.2 Å². The highest BCUT2D eigenvalue weighted by atomic mass is 16.6. The first kappa shape index (κ1) is 33.8. The summed E-state index contributed by atoms with van der Waals surface area (Å²) in [6.07, 6.45) is -3.25. The van der Waals surface area contributed by atoms with Crippen LogP contribution in [0.1, 0.15) is 66.9 Å². The fourth-order valence-corrected chi connectivity index (χ4v) is 7.65. The summed E-state index contributed by atoms with van der Waals surface area (Å²) in [5, 5.41) is 12.3. The van der Waals surface area contributed by atoms with Crippen LogP contribution < -0.4 is 0 Å². The van der Waals surface area contributed by atoms with Crippen LogP contribution in [0, 0.1) is 22.7 Å². The van der Waals surface area contributed by atoms with Crippen LogP contribution in [0.5, 0.6) is 0 Å². The number of esters is 4. The lowest BCUT2D eigenvalue weighted by Gasteiger charge is -2.60. The molecule has 2 fully saturated rings. The molecule has 4 rings (SSSR count). The molecule has 0 heterocycles. The van der Waals surface area contributed by atoms with Crippen LogP contribution in [0.3, 0.4) is 0 Å². The third-order valence-electron chi connectivity index (χ3n) is 9.76. The van der Waals surface area contributed by atoms with Crippen molar-refractivity contribution in [3.8, 4) is 0 Å². The number of ketones is 1. The Balaban J connectivity index is 1.90. The summed E-state index contributed by atoms with van der Waals surface area (Å²) in [5.41, 5.74) is -0.546. The van der Waals surface area contributed by atoms with E-state index < -0.39 is 77.1 Å². The zero-order chi connectivity index (χ0) is 33.4. The standard InChI is InChI=1S/C35H42O10/c1-18-25(39)16-24-31(43-21(4)37)30-19(2)26(45-28(40)15-14-23-12-10-9-11-13-23)17-27(42-20(3)36)35(30,8)33(41)32(44-22(5)38)29(18)34(24,6)7/h9-15,24,26-27,30-33,41H,2,16-17H2,1,3-8H3/b15-14+/t24-,26-,27-,30-,31+,32+,33-,35+/m0/s1. The number of rotatable bonds is 6. The highest BCUT2D eigenvalue weighted by Crippen LogP contribution is 2.60. The number of carbonyl (C=O) groups is 5. The Morgan fingerprint density at radius 3 is 2.11 bits per heavy atom. The van der Waals surface area contributed by atoms with Gasteiger partial charge in [0.1, 0.15) is 24.4 Å². The number of aliphatic hydroxyl groups excluding tert-OH is 1. The predicted octanol–water partition coefficient (Wildman–Crippen LogP) is 4.30. The molecule has 1 aromatic carbocycles. The van der Waals surface area contributed by atoms with Crippen LogP contribution in [0.2, 0.25) is 0 Å². The molecule has 10 nitrogen and oxygen atoms in total. The molecule has 0 spiro atoms. The van der Waals surface area contributed by atoms with Gasteiger partial charge in [0.05, 0.1) is 0 Å². The first-order chi connectivity index (χ1) is 21.0. The second-order valence-corrected chi connectivity index (χ2v) is 13.0. The summed E-state index contributed by atoms with van der Waals surface area (Å²) in [4.78, 5) is 64.2. The number of carbonyl (C=O) groups excluding carboxylic acids is 5. The summed E-state index contributed by atoms with van der Waals surface area (Å²) < 4.78 is 23.5. The van der Waals surface area contributed by atoms with Crippen molar-refractivity contribution in [2.24, 2.45) is 22.7 Å². The molecule has 0 aliphatic heterocycles. The second kappa shape index (κ2) is 12.7. The number of hydrogen-bond acceptors (Lipinski definition) is 10. The third kappa shape index (κ3) is 6.38. The van der Waals surface area contributed by atoms with Crippen molar-refractivity contribution < 1.29 is 48.0 Å². The van der Waals surface area contributed by atoms with E-state index in [9.17, 15) is 29.1 Å². The Bertz CT molecular complexity index is 1450. The van der Waals surface area contributed by atoms with Gasteiger partial charge in [0, 0.05) is 56.9 Å². The SMILES string of the molecule is C=C1[C@@H](OC(=O)/C=C/c2ccccc2)C[C@H](OC(C)=O)[C@@]2(C)[C@@H](O)[C@H](OC(C)=O)C3=C(C)C(=O)C[C@@H]([C@@H](OC(C)=O)[C@H]12)C3(C)C. The number of Topliss-reactive ketones (excluding diaryl/α,β-unsaturated/α-hetero) is 1. The smallest absolute Gasteiger partial charge is 0.331 e. The Kier molecular flexibility index (Phi) is 9.59. The lowest BCUT2D eigenvalue weighted by atomic mass is 9.48. The zero-order valence-electron chi connectivity index (χ0n) is 26.8. The van der Waals surface area contributed by atoms with Gasteiger partial charge in [0.25, 0.3) is 0 Å². The molecule has 242 valence electrons. The minimum Gasteiger partial charge on any atom is -0.462 e. The van der Waals surface area contributed by atoms with Gasteiger partial charge in [-0.25, -0.2) is 4.79 Å². The molecule has 1 aromatic rings. The van der Waals surface area contributed by atoms with Gasteiger partial charge in [-0.15, -0.1) is 0 Å². The average Bonchev–Trinajstić information content (AvgIpc) is 2.94. The summed E-state index contributed by atoms with van der Waals surface area (Å²) >= 11 is 0. The number of hydrogen-bond donors (Lipinski definition) is 1. The number of benzene rings is 1. The van der Waals surface area contributed by atoms with E-state index in [1.54, 1.807) is 19.9 Å². The van der Waals surface area contributed by atoms with E-state index in [-0.39, 0.29) is 18.6 Å². The molecule has 10 heteroatoms. The molecule has 1 N–H and O–H groups in total. The second-order valence-electron chi connectivity index (χ2n) is 13.0. The Morgan fingerprint density at radius 2 is 1.53 bits per heavy atom. The molecular formula is C35H42O10. The van der Waals surface area contributed by atoms with Crippen LogP contribution >= 0.6 is 0 Å². The minimum atomic E-state index is -1.56. The van der Waals surface area contributed by atoms with Crippen molar-refractivity contribution in [2.75, 3.05) is 0 Å². The van der Waals surface area contributed by atoms with Crippen molar-refractivity contribution in [1.82, 2.24) is 0 Å². The summed E-state index contributed by atoms with van der Waals surface area (Å²) in [6, 6.07) is 9.15. The first-order valence-corrected chi connectivity index (χ1v) is 15.1. The Morgan fingerprint density at radius 1 is 0.933 bits per heavy atom. The van der Waals surface area contributed by atoms with Crippen molar-refractivity contribution in [3.63, 3.8) is 0 Å². The first-order valence-electron chi connectivity index (χ1n) is 15.1. The van der Waals surface area contributed by atoms with Crippen LogP contribution in [0.4, 0.5) is 0 Å². The zero-order valence-corrected chi connectivity index (χ0v) is 26.8. The number of aliphatic hydroxyl groups is 1. The molecule has 2 bridgehead atoms. The molecule has 0 unspecified atom stereocenters. The van der Waals surface area contributed by atoms with E-state index in [0.29, 0.717) is 16.7 Å². The molecular weight excluding hydrogens is 580 g/mol. The van der Waals surface area contributed by atoms with Crippen LogP contribution in [-0.2, 0) is 42.9 Å². The van der Waals surface area contributed by atoms with Crippen LogP contribution in [-0.4, -0.2) is 65.3 Å². The maximum atomic E-state index is 13.5. The maximum Gasteiger partial charge on any atom is 0.331 e. The Labute approximate surface area is 263 Å². The monoisotopic (exact) mass is 622 g/mol. The maximum absolute atomic E-state index is 13.5. The summed E-state index contributed by atoms with van der Waals surface area (Å²) in [6.45, 7) is 15.0. The highest BCUT2D eigenvalue weighted by molar-refractivity contribution is 5.97. The summed E-state index contributed by atoms with van der Waals surface area (Å²) in [5.74, 6) is -4.56. The van der Waals surface area contributed by atoms with Crippen LogP contribution in [0.15, 0.2) is 59.7 Å². The fourth-order valence-electron chi connectivity index (χ4n) is 7.65. The highest BCUT2D eigenvalue weighted by Gasteiger charge is 2.66. The average molecular weight is 623 g/mol. The van der Waals surface area contributed by atoms with Crippen molar-refractivity contribution in [3.05, 3.63) is 65.3 Å². The number of ether oxygens (including phenoxy) is 4. The van der Waals surface area contributed by atoms with Gasteiger partial charge in [0.2, 0.25) is 0 Å². The molecule has 8 atom stereocenters. The lowest BCUT2D eigenvalue weighted by molar-refractivity contribution is -0.220. The minimum absolute atomic E-state index is 0.00841. The van der Waals surface area contributed by atoms with E-state index in [1.165, 1.54) is 26.8 Å². The van der Waals surface area contributed by atoms with Crippen molar-refractivity contribution in [1.29, 1.82) is 0 Å². The molecule has 0 amide bonds. The molecule has 2 saturated carbocycles. The van der Waals surface area contributed by atoms with Gasteiger partial charge >= 0.3 is 23.9 Å². The van der Waals surface area contributed by atoms with Gasteiger partial charge in [-0.05, 0) is 40.7 Å². The molecule has 45 heavy (non-hydrogen) atoms. The van der Waals surface area contributed by atoms with Crippen molar-refractivity contribution >= 4 is 35.7 Å². The van der Waals surface area contributed by atoms with Gasteiger partial charge < -0.3 is 24.1 Å². The topological polar surface area (TPSA) is 142 Å². The fraction of sp³-hybridized carbons (Fsp3) is 0.514. The number of allylic oxidation sites excluding steroid dienone is 1. The van der Waals surface area contributed by atoms with E-state index in [2.05, 4.69) is 6.58 Å². The third-order valence-corrected chi connectivity index (χ3v) is 9.76. The van der Waals surface area contributed by atoms with Gasteiger partial charge in [0.15, 0.2) is 11.9 Å². The van der Waals surface area contributed by atoms with Gasteiger partial charge in [-0.3, -0.25) is 19.2 Å². The van der Waals surface area contributed by atoms with E-state index in [4.69, 9.17) is 18.9 Å². The van der Waals surface area contributed by atoms with Crippen LogP contribution in [0.25, 0.3) is 6.08 Å². The molecule has 3 aliphatic carbocycles. The normalized spacial score (nSPS) is 32.6. The van der Waals surface area contributed by atoms with Gasteiger partial charge in [-0.2, -0.15) is 0 Å². The van der Waals surface area contributed by atoms with Gasteiger partial charge in [-0.1, -0.05) is 57.7 Å². The number of fused-ring (bicyclic) bond motifs is 3. The van der Waals surface area contributed by atoms with E-state index in [0.717, 1.165) is 5.56 Å². The lowest BCUT2D eigenvalue weighted by Crippen LogP contribution is -2.67. The molecule has 0 radical (unpaired) electrons. The molecule has 0 saturated heterocycles. The Hall–Kier alpha value is -4.05. The quantitative estimate of drug-likeness (QED) is 0.211.